The molecule has 0 bridgehead atoms. The fraction of sp³-hybridized carbons (Fsp3) is 0.538. The van der Waals surface area contributed by atoms with Gasteiger partial charge in [-0.05, 0) is 43.9 Å². The van der Waals surface area contributed by atoms with Gasteiger partial charge in [0.1, 0.15) is 15.8 Å². The summed E-state index contributed by atoms with van der Waals surface area (Å²) in [5.74, 6) is 0.341. The fourth-order valence-corrected chi connectivity index (χ4v) is 5.76. The first-order chi connectivity index (χ1) is 17.0. The van der Waals surface area contributed by atoms with Crippen LogP contribution in [0.3, 0.4) is 0 Å². The zero-order chi connectivity index (χ0) is 24.8. The minimum Gasteiger partial charge on any atom is -0.376 e. The molecule has 0 spiro atoms. The molecule has 0 saturated carbocycles. The number of carbonyl (C=O) groups is 1. The van der Waals surface area contributed by atoms with Crippen LogP contribution in [0.4, 0.5) is 5.82 Å². The highest BCUT2D eigenvalue weighted by Gasteiger charge is 2.32. The van der Waals surface area contributed by atoms with Gasteiger partial charge >= 0.3 is 0 Å². The lowest BCUT2D eigenvalue weighted by atomic mass is 10.1. The first-order valence-corrected chi connectivity index (χ1v) is 13.8. The van der Waals surface area contributed by atoms with Gasteiger partial charge in [-0.2, -0.15) is 0 Å². The normalized spacial score (nSPS) is 19.4. The molecule has 9 heteroatoms. The molecule has 2 aromatic heterocycles. The van der Waals surface area contributed by atoms with Gasteiger partial charge in [0.05, 0.1) is 16.6 Å². The van der Waals surface area contributed by atoms with Gasteiger partial charge in [0.25, 0.3) is 11.5 Å². The third kappa shape index (κ3) is 6.13. The van der Waals surface area contributed by atoms with Gasteiger partial charge < -0.3 is 10.1 Å². The fourth-order valence-electron chi connectivity index (χ4n) is 4.47. The number of anilines is 1. The van der Waals surface area contributed by atoms with E-state index in [2.05, 4.69) is 12.2 Å². The Morgan fingerprint density at radius 2 is 2.06 bits per heavy atom. The predicted molar refractivity (Wildman–Crippen MR) is 147 cm³/mol. The molecule has 0 aliphatic carbocycles. The van der Waals surface area contributed by atoms with Crippen LogP contribution in [-0.4, -0.2) is 50.3 Å². The molecule has 4 heterocycles. The summed E-state index contributed by atoms with van der Waals surface area (Å²) < 4.78 is 7.82. The molecule has 2 saturated heterocycles. The Bertz CT molecular complexity index is 1170. The van der Waals surface area contributed by atoms with Gasteiger partial charge in [-0.15, -0.1) is 0 Å². The number of amides is 1. The highest BCUT2D eigenvalue weighted by molar-refractivity contribution is 8.26. The third-order valence-corrected chi connectivity index (χ3v) is 7.87. The number of carbonyl (C=O) groups excluding carboxylic acids is 1. The molecule has 0 aromatic carbocycles. The summed E-state index contributed by atoms with van der Waals surface area (Å²) in [4.78, 5) is 33.6. The van der Waals surface area contributed by atoms with Gasteiger partial charge in [-0.25, -0.2) is 4.98 Å². The van der Waals surface area contributed by atoms with E-state index in [1.54, 1.807) is 17.2 Å². The lowest BCUT2D eigenvalue weighted by Crippen LogP contribution is -2.29. The third-order valence-electron chi connectivity index (χ3n) is 6.49. The number of ether oxygens (including phenoxy) is 1. The molecule has 2 aromatic rings. The maximum atomic E-state index is 13.5. The topological polar surface area (TPSA) is 75.9 Å². The van der Waals surface area contributed by atoms with Crippen LogP contribution in [-0.2, 0) is 9.53 Å². The van der Waals surface area contributed by atoms with Crippen molar-refractivity contribution in [3.05, 3.63) is 44.7 Å². The number of unbranched alkanes of at least 4 members (excludes halogenated alkanes) is 5. The van der Waals surface area contributed by atoms with Gasteiger partial charge in [-0.1, -0.05) is 69.1 Å². The lowest BCUT2D eigenvalue weighted by molar-refractivity contribution is -0.122. The second kappa shape index (κ2) is 12.1. The Morgan fingerprint density at radius 3 is 2.83 bits per heavy atom. The Labute approximate surface area is 216 Å². The standard InChI is InChI=1S/C26H34N4O3S2/c1-3-4-5-6-7-8-13-30-25(32)21(35-26(30)34)16-20-22(27-17-19-12-10-15-33-19)28-23-18(2)11-9-14-29(23)24(20)31/h9,11,14,16,19,27H,3-8,10,12-13,15,17H2,1-2H3/b21-16+. The van der Waals surface area contributed by atoms with E-state index in [1.807, 2.05) is 19.1 Å². The molecule has 35 heavy (non-hydrogen) atoms. The largest absolute Gasteiger partial charge is 0.376 e. The van der Waals surface area contributed by atoms with Crippen LogP contribution < -0.4 is 10.9 Å². The minimum absolute atomic E-state index is 0.0931. The van der Waals surface area contributed by atoms with Gasteiger partial charge in [0.15, 0.2) is 0 Å². The summed E-state index contributed by atoms with van der Waals surface area (Å²) in [5.41, 5.74) is 1.66. The van der Waals surface area contributed by atoms with Crippen LogP contribution in [0.15, 0.2) is 28.0 Å². The lowest BCUT2D eigenvalue weighted by Gasteiger charge is -2.15. The highest BCUT2D eigenvalue weighted by atomic mass is 32.2. The number of rotatable bonds is 11. The summed E-state index contributed by atoms with van der Waals surface area (Å²) in [6.45, 7) is 6.07. The van der Waals surface area contributed by atoms with Crippen LogP contribution in [0.1, 0.15) is 69.4 Å². The SMILES string of the molecule is CCCCCCCCN1C(=O)/C(=C\c2c(NCC3CCCO3)nc3c(C)cccn3c2=O)SC1=S. The van der Waals surface area contributed by atoms with E-state index in [1.165, 1.54) is 41.8 Å². The van der Waals surface area contributed by atoms with Gasteiger partial charge in [-0.3, -0.25) is 18.9 Å². The molecule has 1 amide bonds. The van der Waals surface area contributed by atoms with E-state index in [0.29, 0.717) is 39.3 Å². The van der Waals surface area contributed by atoms with Crippen LogP contribution in [0, 0.1) is 6.92 Å². The molecule has 2 aliphatic heterocycles. The average Bonchev–Trinajstić information content (AvgIpc) is 3.46. The van der Waals surface area contributed by atoms with Crippen molar-refractivity contribution in [3.63, 3.8) is 0 Å². The second-order valence-electron chi connectivity index (χ2n) is 9.18. The molecule has 0 radical (unpaired) electrons. The first kappa shape index (κ1) is 25.9. The first-order valence-electron chi connectivity index (χ1n) is 12.6. The van der Waals surface area contributed by atoms with E-state index >= 15 is 0 Å². The van der Waals surface area contributed by atoms with Crippen LogP contribution in [0.5, 0.6) is 0 Å². The number of aryl methyl sites for hydroxylation is 1. The monoisotopic (exact) mass is 514 g/mol. The molecule has 1 unspecified atom stereocenters. The number of hydrogen-bond acceptors (Lipinski definition) is 7. The van der Waals surface area contributed by atoms with Crippen molar-refractivity contribution >= 4 is 51.7 Å². The van der Waals surface area contributed by atoms with Crippen molar-refractivity contribution in [3.8, 4) is 0 Å². The number of thioether (sulfide) groups is 1. The number of fused-ring (bicyclic) bond motifs is 1. The maximum absolute atomic E-state index is 13.5. The Hall–Kier alpha value is -2.23. The molecular weight excluding hydrogens is 480 g/mol. The molecular formula is C26H34N4O3S2. The van der Waals surface area contributed by atoms with E-state index in [9.17, 15) is 9.59 Å². The van der Waals surface area contributed by atoms with Crippen molar-refractivity contribution in [1.82, 2.24) is 14.3 Å². The summed E-state index contributed by atoms with van der Waals surface area (Å²) in [7, 11) is 0. The average molecular weight is 515 g/mol. The quantitative estimate of drug-likeness (QED) is 0.252. The summed E-state index contributed by atoms with van der Waals surface area (Å²) in [5, 5.41) is 3.32. The zero-order valence-corrected chi connectivity index (χ0v) is 22.2. The number of nitrogens with one attached hydrogen (secondary N) is 1. The van der Waals surface area contributed by atoms with Crippen molar-refractivity contribution in [2.45, 2.75) is 71.3 Å². The van der Waals surface area contributed by atoms with E-state index in [4.69, 9.17) is 21.9 Å². The van der Waals surface area contributed by atoms with Crippen molar-refractivity contribution in [1.29, 1.82) is 0 Å². The smallest absolute Gasteiger partial charge is 0.267 e. The van der Waals surface area contributed by atoms with Gasteiger partial charge in [0, 0.05) is 25.9 Å². The Kier molecular flexibility index (Phi) is 8.97. The molecule has 188 valence electrons. The molecule has 1 N–H and O–H groups in total. The summed E-state index contributed by atoms with van der Waals surface area (Å²) in [6.07, 6.45) is 12.4. The number of nitrogens with zero attached hydrogens (tertiary/aromatic N) is 3. The number of hydrogen-bond donors (Lipinski definition) is 1. The van der Waals surface area contributed by atoms with Crippen LogP contribution >= 0.6 is 24.0 Å². The Balaban J connectivity index is 1.57. The van der Waals surface area contributed by atoms with Crippen molar-refractivity contribution in [2.75, 3.05) is 25.0 Å². The van der Waals surface area contributed by atoms with Gasteiger partial charge in [0.2, 0.25) is 0 Å². The molecule has 1 atom stereocenters. The van der Waals surface area contributed by atoms with Crippen molar-refractivity contribution in [2.24, 2.45) is 0 Å². The molecule has 2 aliphatic rings. The zero-order valence-electron chi connectivity index (χ0n) is 20.5. The summed E-state index contributed by atoms with van der Waals surface area (Å²) >= 11 is 6.77. The number of aromatic nitrogens is 2. The summed E-state index contributed by atoms with van der Waals surface area (Å²) in [6, 6.07) is 3.76. The van der Waals surface area contributed by atoms with Crippen molar-refractivity contribution < 1.29 is 9.53 Å². The number of thiocarbonyl (C=S) groups is 1. The Morgan fingerprint density at radius 1 is 1.26 bits per heavy atom. The van der Waals surface area contributed by atoms with E-state index < -0.39 is 0 Å². The molecule has 2 fully saturated rings. The minimum atomic E-state index is -0.213. The maximum Gasteiger partial charge on any atom is 0.267 e. The number of pyridine rings is 1. The van der Waals surface area contributed by atoms with E-state index in [0.717, 1.165) is 37.9 Å². The molecule has 7 nitrogen and oxygen atoms in total. The second-order valence-corrected chi connectivity index (χ2v) is 10.9. The molecule has 4 rings (SSSR count). The van der Waals surface area contributed by atoms with Crippen LogP contribution in [0.25, 0.3) is 11.7 Å². The predicted octanol–water partition coefficient (Wildman–Crippen LogP) is 5.16. The van der Waals surface area contributed by atoms with E-state index in [-0.39, 0.29) is 17.6 Å². The van der Waals surface area contributed by atoms with Crippen LogP contribution in [0.2, 0.25) is 0 Å². The highest BCUT2D eigenvalue weighted by Crippen LogP contribution is 2.33.